The molecule has 0 amide bonds. The van der Waals surface area contributed by atoms with Gasteiger partial charge in [0.2, 0.25) is 10.0 Å². The van der Waals surface area contributed by atoms with Gasteiger partial charge in [-0.1, -0.05) is 0 Å². The molecule has 9 heteroatoms. The van der Waals surface area contributed by atoms with Crippen LogP contribution in [0.2, 0.25) is 0 Å². The molecule has 0 spiro atoms. The number of sulfone groups is 1. The summed E-state index contributed by atoms with van der Waals surface area (Å²) in [6.45, 7) is 0.271. The van der Waals surface area contributed by atoms with Crippen LogP contribution in [0.4, 0.5) is 0 Å². The van der Waals surface area contributed by atoms with Gasteiger partial charge in [-0.3, -0.25) is 0 Å². The van der Waals surface area contributed by atoms with Crippen LogP contribution in [0.3, 0.4) is 0 Å². The molecule has 0 atom stereocenters. The number of H-pyrrole nitrogens is 1. The van der Waals surface area contributed by atoms with Crippen molar-refractivity contribution in [3.63, 3.8) is 0 Å². The average Bonchev–Trinajstić information content (AvgIpc) is 2.74. The van der Waals surface area contributed by atoms with Gasteiger partial charge in [-0.2, -0.15) is 0 Å². The van der Waals surface area contributed by atoms with Crippen molar-refractivity contribution in [2.45, 2.75) is 12.8 Å². The van der Waals surface area contributed by atoms with E-state index < -0.39 is 25.6 Å². The first-order chi connectivity index (χ1) is 8.29. The summed E-state index contributed by atoms with van der Waals surface area (Å²) >= 11 is 0. The van der Waals surface area contributed by atoms with Gasteiger partial charge in [0, 0.05) is 31.6 Å². The summed E-state index contributed by atoms with van der Waals surface area (Å²) < 4.78 is 47.0. The van der Waals surface area contributed by atoms with Crippen LogP contribution < -0.4 is 4.72 Å². The molecular formula is C9H17N3O4S2. The Hall–Kier alpha value is -0.930. The third-order valence-electron chi connectivity index (χ3n) is 2.19. The van der Waals surface area contributed by atoms with E-state index in [0.29, 0.717) is 12.8 Å². The van der Waals surface area contributed by atoms with E-state index in [0.717, 1.165) is 12.1 Å². The molecular weight excluding hydrogens is 278 g/mol. The van der Waals surface area contributed by atoms with E-state index in [1.54, 1.807) is 12.4 Å². The Morgan fingerprint density at radius 2 is 2.00 bits per heavy atom. The lowest BCUT2D eigenvalue weighted by molar-refractivity contribution is 0.576. The fraction of sp³-hybridized carbons (Fsp3) is 0.667. The second kappa shape index (κ2) is 6.30. The van der Waals surface area contributed by atoms with Crippen LogP contribution >= 0.6 is 0 Å². The van der Waals surface area contributed by atoms with Crippen molar-refractivity contribution in [3.8, 4) is 0 Å². The molecule has 7 nitrogen and oxygen atoms in total. The first-order valence-corrected chi connectivity index (χ1v) is 9.13. The lowest BCUT2D eigenvalue weighted by Gasteiger charge is -2.05. The number of rotatable bonds is 8. The Bertz CT molecular complexity index is 549. The highest BCUT2D eigenvalue weighted by Crippen LogP contribution is 1.95. The molecule has 0 bridgehead atoms. The lowest BCUT2D eigenvalue weighted by atomic mass is 10.3. The van der Waals surface area contributed by atoms with Gasteiger partial charge in [-0.05, 0) is 6.42 Å². The molecule has 0 aliphatic carbocycles. The smallest absolute Gasteiger partial charge is 0.212 e. The second-order valence-corrected chi connectivity index (χ2v) is 8.17. The zero-order chi connectivity index (χ0) is 13.6. The highest BCUT2D eigenvalue weighted by Gasteiger charge is 2.13. The van der Waals surface area contributed by atoms with Crippen LogP contribution in [-0.4, -0.2) is 51.1 Å². The molecule has 1 aromatic heterocycles. The van der Waals surface area contributed by atoms with Crippen LogP contribution in [0.1, 0.15) is 12.2 Å². The van der Waals surface area contributed by atoms with Crippen molar-refractivity contribution in [1.29, 1.82) is 0 Å². The normalized spacial score (nSPS) is 12.7. The Kier molecular flexibility index (Phi) is 5.29. The number of nitrogens with one attached hydrogen (secondary N) is 2. The Labute approximate surface area is 107 Å². The molecule has 0 fully saturated rings. The van der Waals surface area contributed by atoms with Gasteiger partial charge in [0.05, 0.1) is 11.5 Å². The molecule has 1 heterocycles. The SMILES string of the molecule is CS(=O)(=O)CCS(=O)(=O)NCCCc1ncc[nH]1. The number of hydrogen-bond acceptors (Lipinski definition) is 5. The summed E-state index contributed by atoms with van der Waals surface area (Å²) in [6.07, 6.45) is 5.59. The largest absolute Gasteiger partial charge is 0.349 e. The third kappa shape index (κ3) is 6.72. The molecule has 18 heavy (non-hydrogen) atoms. The van der Waals surface area contributed by atoms with Crippen molar-refractivity contribution >= 4 is 19.9 Å². The number of aryl methyl sites for hydroxylation is 1. The standard InChI is InChI=1S/C9H17N3O4S2/c1-17(13,14)7-8-18(15,16)12-4-2-3-9-10-5-6-11-9/h5-6,12H,2-4,7-8H2,1H3,(H,10,11). The minimum absolute atomic E-state index is 0.271. The number of nitrogens with zero attached hydrogens (tertiary/aromatic N) is 1. The molecule has 2 N–H and O–H groups in total. The maximum atomic E-state index is 11.4. The minimum Gasteiger partial charge on any atom is -0.349 e. The topological polar surface area (TPSA) is 109 Å². The Balaban J connectivity index is 2.25. The van der Waals surface area contributed by atoms with Gasteiger partial charge in [-0.25, -0.2) is 26.5 Å². The maximum absolute atomic E-state index is 11.4. The lowest BCUT2D eigenvalue weighted by Crippen LogP contribution is -2.30. The van der Waals surface area contributed by atoms with Crippen LogP contribution in [0.25, 0.3) is 0 Å². The number of hydrogen-bond donors (Lipinski definition) is 2. The van der Waals surface area contributed by atoms with Gasteiger partial charge in [0.25, 0.3) is 0 Å². The molecule has 0 aliphatic heterocycles. The first kappa shape index (κ1) is 15.1. The molecule has 1 rings (SSSR count). The van der Waals surface area contributed by atoms with E-state index in [2.05, 4.69) is 14.7 Å². The number of aromatic nitrogens is 2. The highest BCUT2D eigenvalue weighted by atomic mass is 32.2. The summed E-state index contributed by atoms with van der Waals surface area (Å²) in [5, 5.41) is 0. The maximum Gasteiger partial charge on any atom is 0.212 e. The third-order valence-corrected chi connectivity index (χ3v) is 4.78. The van der Waals surface area contributed by atoms with E-state index in [9.17, 15) is 16.8 Å². The Morgan fingerprint density at radius 3 is 2.56 bits per heavy atom. The van der Waals surface area contributed by atoms with Crippen molar-refractivity contribution in [1.82, 2.24) is 14.7 Å². The molecule has 0 radical (unpaired) electrons. The molecule has 0 unspecified atom stereocenters. The van der Waals surface area contributed by atoms with Crippen molar-refractivity contribution in [3.05, 3.63) is 18.2 Å². The molecule has 104 valence electrons. The zero-order valence-electron chi connectivity index (χ0n) is 10.1. The fourth-order valence-electron chi connectivity index (χ4n) is 1.25. The summed E-state index contributed by atoms with van der Waals surface area (Å²) in [5.74, 6) is 0.0398. The minimum atomic E-state index is -3.52. The van der Waals surface area contributed by atoms with Gasteiger partial charge >= 0.3 is 0 Å². The average molecular weight is 295 g/mol. The van der Waals surface area contributed by atoms with Crippen molar-refractivity contribution in [2.75, 3.05) is 24.3 Å². The van der Waals surface area contributed by atoms with Gasteiger partial charge in [0.1, 0.15) is 15.7 Å². The summed E-state index contributed by atoms with van der Waals surface area (Å²) in [5.41, 5.74) is 0. The summed E-state index contributed by atoms with van der Waals surface area (Å²) in [7, 11) is -6.77. The van der Waals surface area contributed by atoms with E-state index in [-0.39, 0.29) is 12.3 Å². The Morgan fingerprint density at radius 1 is 1.28 bits per heavy atom. The van der Waals surface area contributed by atoms with Crippen LogP contribution in [0.5, 0.6) is 0 Å². The molecule has 0 aromatic carbocycles. The van der Waals surface area contributed by atoms with E-state index in [4.69, 9.17) is 0 Å². The predicted octanol–water partition coefficient (Wildman–Crippen LogP) is -0.694. The van der Waals surface area contributed by atoms with E-state index in [1.807, 2.05) is 0 Å². The number of imidazole rings is 1. The first-order valence-electron chi connectivity index (χ1n) is 5.42. The summed E-state index contributed by atoms with van der Waals surface area (Å²) in [6, 6.07) is 0. The fourth-order valence-corrected chi connectivity index (χ4v) is 3.94. The predicted molar refractivity (Wildman–Crippen MR) is 68.4 cm³/mol. The van der Waals surface area contributed by atoms with Gasteiger partial charge < -0.3 is 4.98 Å². The van der Waals surface area contributed by atoms with Crippen molar-refractivity contribution in [2.24, 2.45) is 0 Å². The second-order valence-electron chi connectivity index (χ2n) is 3.98. The zero-order valence-corrected chi connectivity index (χ0v) is 11.7. The molecule has 0 saturated carbocycles. The number of aromatic amines is 1. The summed E-state index contributed by atoms with van der Waals surface area (Å²) in [4.78, 5) is 6.92. The van der Waals surface area contributed by atoms with Crippen LogP contribution in [0.15, 0.2) is 12.4 Å². The van der Waals surface area contributed by atoms with Gasteiger partial charge in [0.15, 0.2) is 0 Å². The van der Waals surface area contributed by atoms with Crippen molar-refractivity contribution < 1.29 is 16.8 Å². The van der Waals surface area contributed by atoms with Crippen LogP contribution in [0, 0.1) is 0 Å². The van der Waals surface area contributed by atoms with Crippen LogP contribution in [-0.2, 0) is 26.3 Å². The quantitative estimate of drug-likeness (QED) is 0.617. The molecule has 0 aliphatic rings. The monoisotopic (exact) mass is 295 g/mol. The molecule has 1 aromatic rings. The van der Waals surface area contributed by atoms with E-state index >= 15 is 0 Å². The highest BCUT2D eigenvalue weighted by molar-refractivity contribution is 7.93. The van der Waals surface area contributed by atoms with Gasteiger partial charge in [-0.15, -0.1) is 0 Å². The number of sulfonamides is 1. The molecule has 0 saturated heterocycles. The van der Waals surface area contributed by atoms with E-state index in [1.165, 1.54) is 0 Å².